The highest BCUT2D eigenvalue weighted by Gasteiger charge is 2.17. The number of benzene rings is 1. The van der Waals surface area contributed by atoms with Gasteiger partial charge in [0.15, 0.2) is 10.9 Å². The molecule has 0 aliphatic heterocycles. The monoisotopic (exact) mass is 430 g/mol. The molecule has 7 nitrogen and oxygen atoms in total. The Bertz CT molecular complexity index is 982. The van der Waals surface area contributed by atoms with Crippen LogP contribution in [0.25, 0.3) is 11.3 Å². The fraction of sp³-hybridized carbons (Fsp3) is 0.300. The Kier molecular flexibility index (Phi) is 7.05. The van der Waals surface area contributed by atoms with Gasteiger partial charge >= 0.3 is 0 Å². The second-order valence-electron chi connectivity index (χ2n) is 6.40. The molecule has 1 aromatic carbocycles. The lowest BCUT2D eigenvalue weighted by Crippen LogP contribution is -2.25. The first-order valence-electron chi connectivity index (χ1n) is 9.15. The summed E-state index contributed by atoms with van der Waals surface area (Å²) in [5.74, 6) is 0.695. The molecule has 1 unspecified atom stereocenters. The van der Waals surface area contributed by atoms with Crippen molar-refractivity contribution in [2.45, 2.75) is 32.4 Å². The summed E-state index contributed by atoms with van der Waals surface area (Å²) in [5.41, 5.74) is 3.12. The van der Waals surface area contributed by atoms with Crippen LogP contribution in [0, 0.1) is 6.92 Å². The summed E-state index contributed by atoms with van der Waals surface area (Å²) < 4.78 is 4.91. The van der Waals surface area contributed by atoms with Crippen LogP contribution in [0.5, 0.6) is 0 Å². The Morgan fingerprint density at radius 2 is 2.00 bits per heavy atom. The molecule has 3 aromatic rings. The molecule has 0 fully saturated rings. The number of nitrogens with zero attached hydrogens (tertiary/aromatic N) is 2. The first kappa shape index (κ1) is 21.1. The largest absolute Gasteiger partial charge is 0.360 e. The van der Waals surface area contributed by atoms with Crippen LogP contribution < -0.4 is 10.6 Å². The normalized spacial score (nSPS) is 11.8. The van der Waals surface area contributed by atoms with Gasteiger partial charge in [0.1, 0.15) is 5.76 Å². The van der Waals surface area contributed by atoms with Crippen molar-refractivity contribution in [1.82, 2.24) is 10.1 Å². The Morgan fingerprint density at radius 1 is 1.24 bits per heavy atom. The molecule has 0 saturated carbocycles. The number of anilines is 2. The third kappa shape index (κ3) is 5.91. The van der Waals surface area contributed by atoms with Crippen molar-refractivity contribution in [3.63, 3.8) is 0 Å². The molecule has 0 aliphatic rings. The molecule has 0 spiro atoms. The molecule has 2 N–H and O–H groups in total. The van der Waals surface area contributed by atoms with Crippen LogP contribution in [0.2, 0.25) is 0 Å². The van der Waals surface area contributed by atoms with Crippen molar-refractivity contribution in [3.05, 3.63) is 47.0 Å². The van der Waals surface area contributed by atoms with E-state index in [2.05, 4.69) is 39.8 Å². The van der Waals surface area contributed by atoms with Crippen LogP contribution in [-0.4, -0.2) is 33.0 Å². The fourth-order valence-electron chi connectivity index (χ4n) is 2.46. The Morgan fingerprint density at radius 3 is 2.66 bits per heavy atom. The van der Waals surface area contributed by atoms with Gasteiger partial charge in [-0.05, 0) is 25.8 Å². The first-order valence-corrected chi connectivity index (χ1v) is 11.1. The lowest BCUT2D eigenvalue weighted by atomic mass is 10.1. The number of carbonyl (C=O) groups is 2. The second kappa shape index (κ2) is 9.71. The van der Waals surface area contributed by atoms with Gasteiger partial charge in [-0.3, -0.25) is 9.59 Å². The van der Waals surface area contributed by atoms with E-state index in [9.17, 15) is 9.59 Å². The molecule has 29 heavy (non-hydrogen) atoms. The summed E-state index contributed by atoms with van der Waals surface area (Å²) in [5, 5.41) is 11.2. The fourth-order valence-corrected chi connectivity index (χ4v) is 3.88. The summed E-state index contributed by atoms with van der Waals surface area (Å²) in [6.45, 7) is 5.60. The first-order chi connectivity index (χ1) is 13.9. The van der Waals surface area contributed by atoms with Crippen LogP contribution in [0.4, 0.5) is 10.9 Å². The summed E-state index contributed by atoms with van der Waals surface area (Å²) in [7, 11) is 0. The second-order valence-corrected chi connectivity index (χ2v) is 8.59. The molecule has 0 radical (unpaired) electrons. The molecular formula is C20H22N4O3S2. The highest BCUT2D eigenvalue weighted by Crippen LogP contribution is 2.25. The van der Waals surface area contributed by atoms with Gasteiger partial charge in [0.25, 0.3) is 0 Å². The number of aromatic nitrogens is 2. The number of carbonyl (C=O) groups excluding carboxylic acids is 2. The zero-order chi connectivity index (χ0) is 20.8. The average molecular weight is 431 g/mol. The number of amides is 2. The topological polar surface area (TPSA) is 97.1 Å². The van der Waals surface area contributed by atoms with Crippen LogP contribution in [0.1, 0.15) is 25.2 Å². The van der Waals surface area contributed by atoms with Crippen molar-refractivity contribution in [3.8, 4) is 11.3 Å². The smallest absolute Gasteiger partial charge is 0.238 e. The number of hydrogen-bond donors (Lipinski definition) is 2. The lowest BCUT2D eigenvalue weighted by Gasteiger charge is -2.09. The van der Waals surface area contributed by atoms with Crippen LogP contribution in [0.3, 0.4) is 0 Å². The summed E-state index contributed by atoms with van der Waals surface area (Å²) in [4.78, 5) is 28.8. The Hall–Kier alpha value is -2.65. The van der Waals surface area contributed by atoms with E-state index in [-0.39, 0.29) is 17.6 Å². The number of hydrogen-bond acceptors (Lipinski definition) is 7. The Balaban J connectivity index is 1.47. The van der Waals surface area contributed by atoms with Crippen molar-refractivity contribution < 1.29 is 14.1 Å². The zero-order valence-corrected chi connectivity index (χ0v) is 18.0. The number of thioether (sulfide) groups is 1. The summed E-state index contributed by atoms with van der Waals surface area (Å²) in [6.07, 6.45) is 0.991. The van der Waals surface area contributed by atoms with E-state index in [1.807, 2.05) is 17.5 Å². The van der Waals surface area contributed by atoms with E-state index in [1.165, 1.54) is 28.7 Å². The molecule has 0 saturated heterocycles. The maximum atomic E-state index is 12.2. The molecule has 2 amide bonds. The molecule has 9 heteroatoms. The quantitative estimate of drug-likeness (QED) is 0.551. The number of aryl methyl sites for hydroxylation is 2. The van der Waals surface area contributed by atoms with Gasteiger partial charge in [-0.25, -0.2) is 4.98 Å². The van der Waals surface area contributed by atoms with Gasteiger partial charge in [0, 0.05) is 17.0 Å². The molecule has 0 bridgehead atoms. The molecule has 1 atom stereocenters. The summed E-state index contributed by atoms with van der Waals surface area (Å²) in [6, 6.07) is 9.86. The standard InChI is InChI=1S/C20H22N4O3S2/c1-4-14-5-7-15(8-6-14)16-10-29-20(21-16)23-18(25)11-28-13(3)19(26)22-17-9-12(2)27-24-17/h5-10,13H,4,11H2,1-3H3,(H,21,23,25)(H,22,24,26). The SMILES string of the molecule is CCc1ccc(-c2csc(NC(=O)CSC(C)C(=O)Nc3cc(C)on3)n2)cc1. The zero-order valence-electron chi connectivity index (χ0n) is 16.4. The van der Waals surface area contributed by atoms with Crippen molar-refractivity contribution in [2.75, 3.05) is 16.4 Å². The third-order valence-corrected chi connectivity index (χ3v) is 6.02. The third-order valence-electron chi connectivity index (χ3n) is 4.12. The van der Waals surface area contributed by atoms with Gasteiger partial charge in [-0.15, -0.1) is 23.1 Å². The van der Waals surface area contributed by atoms with E-state index < -0.39 is 5.25 Å². The van der Waals surface area contributed by atoms with E-state index in [1.54, 1.807) is 19.9 Å². The molecule has 2 heterocycles. The van der Waals surface area contributed by atoms with Crippen LogP contribution in [0.15, 0.2) is 40.2 Å². The average Bonchev–Trinajstić information content (AvgIpc) is 3.35. The minimum atomic E-state index is -0.415. The van der Waals surface area contributed by atoms with Crippen LogP contribution in [-0.2, 0) is 16.0 Å². The molecule has 3 rings (SSSR count). The van der Waals surface area contributed by atoms with Gasteiger partial charge in [0.05, 0.1) is 16.7 Å². The number of thiazole rings is 1. The maximum Gasteiger partial charge on any atom is 0.238 e. The van der Waals surface area contributed by atoms with E-state index in [4.69, 9.17) is 4.52 Å². The van der Waals surface area contributed by atoms with Crippen molar-refractivity contribution in [2.24, 2.45) is 0 Å². The van der Waals surface area contributed by atoms with Gasteiger partial charge in [0.2, 0.25) is 11.8 Å². The van der Waals surface area contributed by atoms with Crippen molar-refractivity contribution >= 4 is 45.9 Å². The molecule has 0 aliphatic carbocycles. The maximum absolute atomic E-state index is 12.2. The van der Waals surface area contributed by atoms with E-state index in [0.717, 1.165) is 17.7 Å². The highest BCUT2D eigenvalue weighted by atomic mass is 32.2. The van der Waals surface area contributed by atoms with Gasteiger partial charge < -0.3 is 15.2 Å². The predicted octanol–water partition coefficient (Wildman–Crippen LogP) is 4.37. The highest BCUT2D eigenvalue weighted by molar-refractivity contribution is 8.01. The molecule has 2 aromatic heterocycles. The predicted molar refractivity (Wildman–Crippen MR) is 117 cm³/mol. The molecular weight excluding hydrogens is 408 g/mol. The van der Waals surface area contributed by atoms with Gasteiger partial charge in [-0.2, -0.15) is 0 Å². The minimum absolute atomic E-state index is 0.145. The number of nitrogens with one attached hydrogen (secondary N) is 2. The Labute approximate surface area is 177 Å². The van der Waals surface area contributed by atoms with Crippen LogP contribution >= 0.6 is 23.1 Å². The summed E-state index contributed by atoms with van der Waals surface area (Å²) >= 11 is 2.62. The van der Waals surface area contributed by atoms with E-state index in [0.29, 0.717) is 16.7 Å². The minimum Gasteiger partial charge on any atom is -0.360 e. The lowest BCUT2D eigenvalue weighted by molar-refractivity contribution is -0.115. The number of rotatable bonds is 8. The van der Waals surface area contributed by atoms with E-state index >= 15 is 0 Å². The van der Waals surface area contributed by atoms with Gasteiger partial charge in [-0.1, -0.05) is 36.3 Å². The molecule has 152 valence electrons. The van der Waals surface area contributed by atoms with Crippen molar-refractivity contribution in [1.29, 1.82) is 0 Å².